The van der Waals surface area contributed by atoms with Gasteiger partial charge < -0.3 is 14.6 Å². The standard InChI is InChI=1S/C23H30O6S/c1-16-13-21(28-4)17(2)18(3)23(16)30(26,27)20(11-8-12-29-15-22(24)25)14-19-9-6-5-7-10-19/h5-7,9-10,13,20H,8,11-12,14-15H2,1-4H3,(H,24,25). The van der Waals surface area contributed by atoms with Gasteiger partial charge in [0.1, 0.15) is 12.4 Å². The molecule has 0 bridgehead atoms. The van der Waals surface area contributed by atoms with Gasteiger partial charge in [-0.3, -0.25) is 0 Å². The molecule has 1 unspecified atom stereocenters. The Kier molecular flexibility index (Phi) is 8.43. The summed E-state index contributed by atoms with van der Waals surface area (Å²) in [5, 5.41) is 8.05. The predicted molar refractivity (Wildman–Crippen MR) is 116 cm³/mol. The van der Waals surface area contributed by atoms with Crippen LogP contribution in [0.25, 0.3) is 0 Å². The van der Waals surface area contributed by atoms with Crippen LogP contribution in [0.3, 0.4) is 0 Å². The number of rotatable bonds is 11. The Morgan fingerprint density at radius 3 is 2.37 bits per heavy atom. The largest absolute Gasteiger partial charge is 0.496 e. The first-order chi connectivity index (χ1) is 14.2. The second-order valence-corrected chi connectivity index (χ2v) is 9.59. The van der Waals surface area contributed by atoms with Crippen molar-refractivity contribution in [3.63, 3.8) is 0 Å². The first-order valence-electron chi connectivity index (χ1n) is 9.90. The van der Waals surface area contributed by atoms with E-state index >= 15 is 0 Å². The molecule has 0 aliphatic rings. The average molecular weight is 435 g/mol. The van der Waals surface area contributed by atoms with Crippen molar-refractivity contribution in [3.05, 3.63) is 58.7 Å². The highest BCUT2D eigenvalue weighted by Gasteiger charge is 2.31. The Morgan fingerprint density at radius 1 is 1.10 bits per heavy atom. The topological polar surface area (TPSA) is 89.9 Å². The Hall–Kier alpha value is -2.38. The lowest BCUT2D eigenvalue weighted by Crippen LogP contribution is -2.26. The van der Waals surface area contributed by atoms with Gasteiger partial charge in [0.05, 0.1) is 17.3 Å². The molecule has 0 saturated carbocycles. The van der Waals surface area contributed by atoms with Gasteiger partial charge in [-0.2, -0.15) is 0 Å². The zero-order valence-electron chi connectivity index (χ0n) is 18.0. The summed E-state index contributed by atoms with van der Waals surface area (Å²) in [6, 6.07) is 11.3. The first kappa shape index (κ1) is 23.9. The van der Waals surface area contributed by atoms with Gasteiger partial charge in [0, 0.05) is 6.61 Å². The maximum Gasteiger partial charge on any atom is 0.329 e. The number of ether oxygens (including phenoxy) is 2. The number of sulfone groups is 1. The highest BCUT2D eigenvalue weighted by molar-refractivity contribution is 7.92. The van der Waals surface area contributed by atoms with E-state index in [4.69, 9.17) is 14.6 Å². The van der Waals surface area contributed by atoms with E-state index in [1.165, 1.54) is 0 Å². The summed E-state index contributed by atoms with van der Waals surface area (Å²) in [7, 11) is -2.06. The SMILES string of the molecule is COc1cc(C)c(S(=O)(=O)C(CCCOCC(=O)O)Cc2ccccc2)c(C)c1C. The smallest absolute Gasteiger partial charge is 0.329 e. The molecule has 0 aliphatic carbocycles. The molecule has 7 heteroatoms. The summed E-state index contributed by atoms with van der Waals surface area (Å²) in [4.78, 5) is 11.0. The van der Waals surface area contributed by atoms with E-state index in [-0.39, 0.29) is 13.2 Å². The van der Waals surface area contributed by atoms with E-state index in [0.29, 0.717) is 41.0 Å². The zero-order valence-corrected chi connectivity index (χ0v) is 18.8. The van der Waals surface area contributed by atoms with Crippen LogP contribution in [0.4, 0.5) is 0 Å². The summed E-state index contributed by atoms with van der Waals surface area (Å²) >= 11 is 0. The number of carbonyl (C=O) groups is 1. The lowest BCUT2D eigenvalue weighted by Gasteiger charge is -2.22. The fourth-order valence-electron chi connectivity index (χ4n) is 3.65. The zero-order chi connectivity index (χ0) is 22.3. The Morgan fingerprint density at radius 2 is 1.77 bits per heavy atom. The van der Waals surface area contributed by atoms with Gasteiger partial charge >= 0.3 is 5.97 Å². The second-order valence-electron chi connectivity index (χ2n) is 7.42. The van der Waals surface area contributed by atoms with Gasteiger partial charge in [-0.15, -0.1) is 0 Å². The number of carboxylic acids is 1. The fourth-order valence-corrected chi connectivity index (χ4v) is 5.96. The van der Waals surface area contributed by atoms with Crippen LogP contribution in [-0.4, -0.2) is 45.1 Å². The van der Waals surface area contributed by atoms with Crippen molar-refractivity contribution in [1.29, 1.82) is 0 Å². The number of hydrogen-bond acceptors (Lipinski definition) is 5. The molecule has 2 rings (SSSR count). The average Bonchev–Trinajstić information content (AvgIpc) is 2.70. The Balaban J connectivity index is 2.36. The van der Waals surface area contributed by atoms with Crippen molar-refractivity contribution in [1.82, 2.24) is 0 Å². The third-order valence-electron chi connectivity index (χ3n) is 5.27. The van der Waals surface area contributed by atoms with Crippen LogP contribution in [0, 0.1) is 20.8 Å². The maximum absolute atomic E-state index is 13.7. The van der Waals surface area contributed by atoms with Gasteiger partial charge in [-0.1, -0.05) is 30.3 Å². The summed E-state index contributed by atoms with van der Waals surface area (Å²) in [5.41, 5.74) is 3.12. The number of carboxylic acid groups (broad SMARTS) is 1. The third-order valence-corrected chi connectivity index (χ3v) is 7.75. The molecule has 0 heterocycles. The minimum atomic E-state index is -3.64. The molecular weight excluding hydrogens is 404 g/mol. The summed E-state index contributed by atoms with van der Waals surface area (Å²) in [5.74, 6) is -0.367. The molecule has 0 amide bonds. The van der Waals surface area contributed by atoms with Crippen LogP contribution in [0.15, 0.2) is 41.3 Å². The van der Waals surface area contributed by atoms with Crippen molar-refractivity contribution in [2.75, 3.05) is 20.3 Å². The highest BCUT2D eigenvalue weighted by Crippen LogP contribution is 2.34. The minimum Gasteiger partial charge on any atom is -0.496 e. The summed E-state index contributed by atoms with van der Waals surface area (Å²) in [6.45, 7) is 5.28. The normalized spacial score (nSPS) is 12.5. The van der Waals surface area contributed by atoms with Crippen LogP contribution >= 0.6 is 0 Å². The van der Waals surface area contributed by atoms with Crippen molar-refractivity contribution in [2.24, 2.45) is 0 Å². The van der Waals surface area contributed by atoms with Crippen LogP contribution in [0.5, 0.6) is 5.75 Å². The van der Waals surface area contributed by atoms with Gasteiger partial charge in [0.25, 0.3) is 0 Å². The Bertz CT molecular complexity index is 967. The van der Waals surface area contributed by atoms with Crippen LogP contribution < -0.4 is 4.74 Å². The molecule has 2 aromatic rings. The lowest BCUT2D eigenvalue weighted by atomic mass is 10.1. The van der Waals surface area contributed by atoms with E-state index in [9.17, 15) is 13.2 Å². The Labute approximate surface area is 178 Å². The molecule has 0 fully saturated rings. The number of hydrogen-bond donors (Lipinski definition) is 1. The predicted octanol–water partition coefficient (Wildman–Crippen LogP) is 3.89. The first-order valence-corrected chi connectivity index (χ1v) is 11.4. The third kappa shape index (κ3) is 5.83. The quantitative estimate of drug-likeness (QED) is 0.540. The molecule has 2 aromatic carbocycles. The molecule has 0 spiro atoms. The maximum atomic E-state index is 13.7. The molecule has 6 nitrogen and oxygen atoms in total. The van der Waals surface area contributed by atoms with Gasteiger partial charge in [-0.05, 0) is 68.4 Å². The van der Waals surface area contributed by atoms with E-state index in [1.54, 1.807) is 20.1 Å². The number of benzene rings is 2. The van der Waals surface area contributed by atoms with Crippen molar-refractivity contribution >= 4 is 15.8 Å². The second kappa shape index (κ2) is 10.6. The van der Waals surface area contributed by atoms with E-state index < -0.39 is 21.1 Å². The van der Waals surface area contributed by atoms with Crippen molar-refractivity contribution < 1.29 is 27.8 Å². The molecule has 0 aliphatic heterocycles. The number of aryl methyl sites for hydroxylation is 1. The van der Waals surface area contributed by atoms with Crippen LogP contribution in [-0.2, 0) is 25.8 Å². The van der Waals surface area contributed by atoms with Crippen LogP contribution in [0.2, 0.25) is 0 Å². The van der Waals surface area contributed by atoms with E-state index in [2.05, 4.69) is 0 Å². The van der Waals surface area contributed by atoms with Crippen molar-refractivity contribution in [3.8, 4) is 5.75 Å². The highest BCUT2D eigenvalue weighted by atomic mass is 32.2. The molecule has 164 valence electrons. The molecule has 1 N–H and O–H groups in total. The van der Waals surface area contributed by atoms with Gasteiger partial charge in [0.2, 0.25) is 0 Å². The van der Waals surface area contributed by atoms with E-state index in [0.717, 1.165) is 11.1 Å². The van der Waals surface area contributed by atoms with Crippen molar-refractivity contribution in [2.45, 2.75) is 50.2 Å². The van der Waals surface area contributed by atoms with Gasteiger partial charge in [-0.25, -0.2) is 13.2 Å². The summed E-state index contributed by atoms with van der Waals surface area (Å²) < 4.78 is 37.9. The van der Waals surface area contributed by atoms with Gasteiger partial charge in [0.15, 0.2) is 9.84 Å². The molecule has 0 saturated heterocycles. The fraction of sp³-hybridized carbons (Fsp3) is 0.435. The lowest BCUT2D eigenvalue weighted by molar-refractivity contribution is -0.142. The monoisotopic (exact) mass is 434 g/mol. The number of aliphatic carboxylic acids is 1. The molecular formula is C23H30O6S. The molecule has 1 atom stereocenters. The minimum absolute atomic E-state index is 0.201. The van der Waals surface area contributed by atoms with E-state index in [1.807, 2.05) is 44.2 Å². The molecule has 0 radical (unpaired) electrons. The number of methoxy groups -OCH3 is 1. The van der Waals surface area contributed by atoms with Crippen LogP contribution in [0.1, 0.15) is 35.1 Å². The molecule has 30 heavy (non-hydrogen) atoms. The molecule has 0 aromatic heterocycles. The summed E-state index contributed by atoms with van der Waals surface area (Å²) in [6.07, 6.45) is 1.21.